The molecule has 0 aliphatic carbocycles. The van der Waals surface area contributed by atoms with Crippen LogP contribution in [-0.4, -0.2) is 25.2 Å². The van der Waals surface area contributed by atoms with Crippen molar-refractivity contribution in [3.8, 4) is 0 Å². The maximum Gasteiger partial charge on any atom is 0.0194 e. The Kier molecular flexibility index (Phi) is 2.37. The Bertz CT molecular complexity index is 144. The molecule has 2 nitrogen and oxygen atoms in total. The average molecular weight is 168 g/mol. The predicted octanol–water partition coefficient (Wildman–Crippen LogP) is 1.13. The van der Waals surface area contributed by atoms with Gasteiger partial charge in [0.05, 0.1) is 0 Å². The van der Waals surface area contributed by atoms with Crippen molar-refractivity contribution in [1.29, 1.82) is 0 Å². The summed E-state index contributed by atoms with van der Waals surface area (Å²) in [6.45, 7) is 6.09. The van der Waals surface area contributed by atoms with Crippen molar-refractivity contribution in [3.05, 3.63) is 0 Å². The molecule has 2 unspecified atom stereocenters. The maximum atomic E-state index is 3.70. The first-order valence-electron chi connectivity index (χ1n) is 5.27. The summed E-state index contributed by atoms with van der Waals surface area (Å²) in [5, 5.41) is 7.15. The van der Waals surface area contributed by atoms with E-state index in [4.69, 9.17) is 0 Å². The zero-order valence-corrected chi connectivity index (χ0v) is 8.03. The van der Waals surface area contributed by atoms with Crippen molar-refractivity contribution < 1.29 is 0 Å². The minimum absolute atomic E-state index is 0.446. The van der Waals surface area contributed by atoms with Gasteiger partial charge in [-0.2, -0.15) is 0 Å². The van der Waals surface area contributed by atoms with Crippen LogP contribution in [0.5, 0.6) is 0 Å². The molecule has 2 saturated heterocycles. The van der Waals surface area contributed by atoms with E-state index >= 15 is 0 Å². The van der Waals surface area contributed by atoms with Crippen LogP contribution in [0.25, 0.3) is 0 Å². The molecular weight excluding hydrogens is 148 g/mol. The minimum Gasteiger partial charge on any atom is -0.316 e. The second kappa shape index (κ2) is 3.35. The molecular formula is C10H20N2. The fraction of sp³-hybridized carbons (Fsp3) is 1.00. The van der Waals surface area contributed by atoms with Crippen LogP contribution >= 0.6 is 0 Å². The van der Waals surface area contributed by atoms with Gasteiger partial charge in [-0.1, -0.05) is 6.42 Å². The fourth-order valence-electron chi connectivity index (χ4n) is 2.63. The van der Waals surface area contributed by atoms with Gasteiger partial charge in [0.2, 0.25) is 0 Å². The molecule has 0 spiro atoms. The van der Waals surface area contributed by atoms with Crippen LogP contribution in [0.15, 0.2) is 0 Å². The van der Waals surface area contributed by atoms with Gasteiger partial charge < -0.3 is 10.6 Å². The van der Waals surface area contributed by atoms with Gasteiger partial charge in [-0.3, -0.25) is 0 Å². The summed E-state index contributed by atoms with van der Waals surface area (Å²) in [6.07, 6.45) is 5.53. The standard InChI is InChI=1S/C10H20N2/c1-10(5-2-3-6-12-10)9-4-7-11-8-9/h9,11-12H,2-8H2,1H3. The first-order chi connectivity index (χ1) is 5.81. The van der Waals surface area contributed by atoms with Crippen LogP contribution < -0.4 is 10.6 Å². The van der Waals surface area contributed by atoms with E-state index in [1.54, 1.807) is 0 Å². The largest absolute Gasteiger partial charge is 0.316 e. The molecule has 2 rings (SSSR count). The van der Waals surface area contributed by atoms with Crippen LogP contribution in [0.4, 0.5) is 0 Å². The van der Waals surface area contributed by atoms with Gasteiger partial charge in [0, 0.05) is 5.54 Å². The molecule has 2 heteroatoms. The third kappa shape index (κ3) is 1.50. The van der Waals surface area contributed by atoms with Crippen LogP contribution in [0, 0.1) is 5.92 Å². The lowest BCUT2D eigenvalue weighted by atomic mass is 9.79. The molecule has 0 radical (unpaired) electrons. The van der Waals surface area contributed by atoms with Crippen molar-refractivity contribution in [2.24, 2.45) is 5.92 Å². The van der Waals surface area contributed by atoms with Crippen molar-refractivity contribution in [2.45, 2.75) is 38.1 Å². The number of hydrogen-bond donors (Lipinski definition) is 2. The first kappa shape index (κ1) is 8.52. The highest BCUT2D eigenvalue weighted by atomic mass is 15.0. The molecule has 2 atom stereocenters. The highest BCUT2D eigenvalue weighted by Crippen LogP contribution is 2.30. The molecule has 2 aliphatic heterocycles. The SMILES string of the molecule is CC1(C2CCNC2)CCCCN1. The lowest BCUT2D eigenvalue weighted by Crippen LogP contribution is -2.52. The maximum absolute atomic E-state index is 3.70. The summed E-state index contributed by atoms with van der Waals surface area (Å²) in [7, 11) is 0. The van der Waals surface area contributed by atoms with Gasteiger partial charge >= 0.3 is 0 Å². The Labute approximate surface area is 75.1 Å². The van der Waals surface area contributed by atoms with Crippen LogP contribution in [0.1, 0.15) is 32.6 Å². The molecule has 2 N–H and O–H groups in total. The molecule has 2 heterocycles. The Morgan fingerprint density at radius 1 is 1.25 bits per heavy atom. The molecule has 0 saturated carbocycles. The fourth-order valence-corrected chi connectivity index (χ4v) is 2.63. The van der Waals surface area contributed by atoms with Gasteiger partial charge in [0.15, 0.2) is 0 Å². The Hall–Kier alpha value is -0.0800. The zero-order chi connectivity index (χ0) is 8.44. The Morgan fingerprint density at radius 3 is 2.75 bits per heavy atom. The normalized spacial score (nSPS) is 43.2. The monoisotopic (exact) mass is 168 g/mol. The van der Waals surface area contributed by atoms with Crippen LogP contribution in [-0.2, 0) is 0 Å². The second-order valence-corrected chi connectivity index (χ2v) is 4.49. The topological polar surface area (TPSA) is 24.1 Å². The van der Waals surface area contributed by atoms with Gasteiger partial charge in [0.1, 0.15) is 0 Å². The van der Waals surface area contributed by atoms with E-state index in [-0.39, 0.29) is 0 Å². The third-order valence-corrected chi connectivity index (χ3v) is 3.61. The van der Waals surface area contributed by atoms with Crippen LogP contribution in [0.3, 0.4) is 0 Å². The van der Waals surface area contributed by atoms with Crippen molar-refractivity contribution in [3.63, 3.8) is 0 Å². The number of rotatable bonds is 1. The average Bonchev–Trinajstić information content (AvgIpc) is 2.58. The summed E-state index contributed by atoms with van der Waals surface area (Å²) in [5.41, 5.74) is 0.446. The highest BCUT2D eigenvalue weighted by Gasteiger charge is 2.36. The van der Waals surface area contributed by atoms with E-state index in [2.05, 4.69) is 17.6 Å². The molecule has 0 aromatic rings. The first-order valence-corrected chi connectivity index (χ1v) is 5.27. The second-order valence-electron chi connectivity index (χ2n) is 4.49. The predicted molar refractivity (Wildman–Crippen MR) is 51.2 cm³/mol. The Morgan fingerprint density at radius 2 is 2.17 bits per heavy atom. The van der Waals surface area contributed by atoms with E-state index in [0.29, 0.717) is 5.54 Å². The molecule has 70 valence electrons. The zero-order valence-electron chi connectivity index (χ0n) is 8.03. The summed E-state index contributed by atoms with van der Waals surface area (Å²) in [5.74, 6) is 0.873. The molecule has 0 aromatic carbocycles. The van der Waals surface area contributed by atoms with Crippen LogP contribution in [0.2, 0.25) is 0 Å². The molecule has 2 aliphatic rings. The van der Waals surface area contributed by atoms with Crippen molar-refractivity contribution in [1.82, 2.24) is 10.6 Å². The number of hydrogen-bond acceptors (Lipinski definition) is 2. The van der Waals surface area contributed by atoms with E-state index in [1.807, 2.05) is 0 Å². The molecule has 2 fully saturated rings. The van der Waals surface area contributed by atoms with E-state index in [0.717, 1.165) is 5.92 Å². The smallest absolute Gasteiger partial charge is 0.0194 e. The number of piperidine rings is 1. The van der Waals surface area contributed by atoms with Gasteiger partial charge in [-0.25, -0.2) is 0 Å². The van der Waals surface area contributed by atoms with Gasteiger partial charge in [-0.15, -0.1) is 0 Å². The van der Waals surface area contributed by atoms with E-state index < -0.39 is 0 Å². The van der Waals surface area contributed by atoms with Crippen molar-refractivity contribution >= 4 is 0 Å². The lowest BCUT2D eigenvalue weighted by Gasteiger charge is -2.39. The summed E-state index contributed by atoms with van der Waals surface area (Å²) in [6, 6.07) is 0. The van der Waals surface area contributed by atoms with Crippen molar-refractivity contribution in [2.75, 3.05) is 19.6 Å². The number of nitrogens with one attached hydrogen (secondary N) is 2. The summed E-state index contributed by atoms with van der Waals surface area (Å²) in [4.78, 5) is 0. The molecule has 0 aromatic heterocycles. The van der Waals surface area contributed by atoms with Gasteiger partial charge in [-0.05, 0) is 51.7 Å². The minimum atomic E-state index is 0.446. The van der Waals surface area contributed by atoms with Gasteiger partial charge in [0.25, 0.3) is 0 Å². The summed E-state index contributed by atoms with van der Waals surface area (Å²) < 4.78 is 0. The summed E-state index contributed by atoms with van der Waals surface area (Å²) >= 11 is 0. The lowest BCUT2D eigenvalue weighted by molar-refractivity contribution is 0.193. The van der Waals surface area contributed by atoms with E-state index in [1.165, 1.54) is 45.3 Å². The Balaban J connectivity index is 1.97. The quantitative estimate of drug-likeness (QED) is 0.613. The molecule has 0 bridgehead atoms. The third-order valence-electron chi connectivity index (χ3n) is 3.61. The van der Waals surface area contributed by atoms with E-state index in [9.17, 15) is 0 Å². The molecule has 0 amide bonds. The molecule has 12 heavy (non-hydrogen) atoms. The highest BCUT2D eigenvalue weighted by molar-refractivity contribution is 4.96.